The molecule has 1 saturated carbocycles. The maximum Gasteiger partial charge on any atom is 0.226 e. The van der Waals surface area contributed by atoms with Crippen LogP contribution in [0, 0.1) is 5.92 Å². The number of carbonyl (C=O) groups excluding carboxylic acids is 1. The fourth-order valence-corrected chi connectivity index (χ4v) is 3.44. The Hall–Kier alpha value is -2.37. The molecule has 2 unspecified atom stereocenters. The van der Waals surface area contributed by atoms with E-state index in [0.717, 1.165) is 32.6 Å². The summed E-state index contributed by atoms with van der Waals surface area (Å²) in [4.78, 5) is 21.1. The monoisotopic (exact) mass is 311 g/mol. The van der Waals surface area contributed by atoms with Crippen molar-refractivity contribution in [1.82, 2.24) is 19.7 Å². The van der Waals surface area contributed by atoms with Crippen molar-refractivity contribution in [3.8, 4) is 0 Å². The molecule has 2 aromatic rings. The average molecular weight is 311 g/mol. The number of rotatable bonds is 3. The van der Waals surface area contributed by atoms with Gasteiger partial charge in [-0.15, -0.1) is 0 Å². The topological polar surface area (TPSA) is 54.3 Å². The van der Waals surface area contributed by atoms with Gasteiger partial charge in [0.15, 0.2) is 0 Å². The number of anilines is 1. The highest BCUT2D eigenvalue weighted by atomic mass is 16.2. The van der Waals surface area contributed by atoms with Crippen LogP contribution >= 0.6 is 0 Å². The zero-order valence-corrected chi connectivity index (χ0v) is 13.3. The average Bonchev–Trinajstić information content (AvgIpc) is 3.29. The lowest BCUT2D eigenvalue weighted by Crippen LogP contribution is -2.49. The summed E-state index contributed by atoms with van der Waals surface area (Å²) in [5.74, 6) is 0.842. The van der Waals surface area contributed by atoms with Crippen LogP contribution in [-0.4, -0.2) is 51.8 Å². The standard InChI is InChI=1S/C17H21N5O/c1-20-12-13(11-19-20)15-10-16(15)17(23)22-8-6-21(7-9-22)14-2-4-18-5-3-14/h2-5,11-12,15-16H,6-10H2,1H3. The van der Waals surface area contributed by atoms with Crippen LogP contribution in [0.25, 0.3) is 0 Å². The molecule has 0 aromatic carbocycles. The number of hydrogen-bond acceptors (Lipinski definition) is 4. The van der Waals surface area contributed by atoms with Gasteiger partial charge >= 0.3 is 0 Å². The van der Waals surface area contributed by atoms with Gasteiger partial charge in [-0.1, -0.05) is 0 Å². The first kappa shape index (κ1) is 14.2. The van der Waals surface area contributed by atoms with Gasteiger partial charge in [0.2, 0.25) is 5.91 Å². The summed E-state index contributed by atoms with van der Waals surface area (Å²) >= 11 is 0. The van der Waals surface area contributed by atoms with Gasteiger partial charge in [0, 0.05) is 63.4 Å². The van der Waals surface area contributed by atoms with E-state index in [1.165, 1.54) is 11.3 Å². The van der Waals surface area contributed by atoms with E-state index in [0.29, 0.717) is 11.8 Å². The van der Waals surface area contributed by atoms with Crippen molar-refractivity contribution in [3.05, 3.63) is 42.5 Å². The summed E-state index contributed by atoms with van der Waals surface area (Å²) in [6, 6.07) is 4.05. The molecule has 23 heavy (non-hydrogen) atoms. The van der Waals surface area contributed by atoms with E-state index < -0.39 is 0 Å². The summed E-state index contributed by atoms with van der Waals surface area (Å²) in [7, 11) is 1.92. The van der Waals surface area contributed by atoms with Crippen molar-refractivity contribution in [2.45, 2.75) is 12.3 Å². The second-order valence-electron chi connectivity index (χ2n) is 6.41. The molecule has 2 atom stereocenters. The first-order valence-corrected chi connectivity index (χ1v) is 8.14. The smallest absolute Gasteiger partial charge is 0.226 e. The Kier molecular flexibility index (Phi) is 3.52. The molecule has 0 spiro atoms. The molecule has 4 rings (SSSR count). The van der Waals surface area contributed by atoms with E-state index in [2.05, 4.69) is 15.0 Å². The van der Waals surface area contributed by atoms with Crippen LogP contribution in [0.1, 0.15) is 17.9 Å². The van der Waals surface area contributed by atoms with E-state index in [1.54, 1.807) is 0 Å². The molecule has 3 heterocycles. The molecule has 2 fully saturated rings. The van der Waals surface area contributed by atoms with Gasteiger partial charge in [-0.25, -0.2) is 0 Å². The number of aromatic nitrogens is 3. The van der Waals surface area contributed by atoms with Crippen LogP contribution in [0.4, 0.5) is 5.69 Å². The number of nitrogens with zero attached hydrogens (tertiary/aromatic N) is 5. The summed E-state index contributed by atoms with van der Waals surface area (Å²) in [5.41, 5.74) is 2.38. The Bertz CT molecular complexity index is 690. The molecule has 2 aliphatic rings. The highest BCUT2D eigenvalue weighted by Gasteiger charge is 2.46. The fourth-order valence-electron chi connectivity index (χ4n) is 3.44. The molecular weight excluding hydrogens is 290 g/mol. The number of amides is 1. The van der Waals surface area contributed by atoms with Gasteiger partial charge in [0.1, 0.15) is 0 Å². The van der Waals surface area contributed by atoms with Gasteiger partial charge in [-0.05, 0) is 30.0 Å². The molecule has 1 saturated heterocycles. The second-order valence-corrected chi connectivity index (χ2v) is 6.41. The number of hydrogen-bond donors (Lipinski definition) is 0. The van der Waals surface area contributed by atoms with Crippen LogP contribution in [0.15, 0.2) is 36.9 Å². The maximum atomic E-state index is 12.7. The third-order valence-corrected chi connectivity index (χ3v) is 4.88. The van der Waals surface area contributed by atoms with Crippen molar-refractivity contribution in [2.24, 2.45) is 13.0 Å². The lowest BCUT2D eigenvalue weighted by Gasteiger charge is -2.36. The SMILES string of the molecule is Cn1cc(C2CC2C(=O)N2CCN(c3ccncc3)CC2)cn1. The maximum absolute atomic E-state index is 12.7. The van der Waals surface area contributed by atoms with Gasteiger partial charge in [0.25, 0.3) is 0 Å². The Morgan fingerprint density at radius 2 is 1.91 bits per heavy atom. The van der Waals surface area contributed by atoms with Gasteiger partial charge in [0.05, 0.1) is 6.20 Å². The van der Waals surface area contributed by atoms with Gasteiger partial charge in [-0.2, -0.15) is 5.10 Å². The molecular formula is C17H21N5O. The van der Waals surface area contributed by atoms with Crippen molar-refractivity contribution in [3.63, 3.8) is 0 Å². The number of carbonyl (C=O) groups is 1. The largest absolute Gasteiger partial charge is 0.368 e. The third-order valence-electron chi connectivity index (χ3n) is 4.88. The molecule has 0 bridgehead atoms. The van der Waals surface area contributed by atoms with Crippen molar-refractivity contribution >= 4 is 11.6 Å². The summed E-state index contributed by atoms with van der Waals surface area (Å²) in [6.07, 6.45) is 8.51. The molecule has 120 valence electrons. The molecule has 2 aromatic heterocycles. The van der Waals surface area contributed by atoms with Crippen LogP contribution in [0.3, 0.4) is 0 Å². The van der Waals surface area contributed by atoms with Crippen LogP contribution in [0.5, 0.6) is 0 Å². The number of pyridine rings is 1. The molecule has 0 radical (unpaired) electrons. The Labute approximate surface area is 135 Å². The van der Waals surface area contributed by atoms with Crippen LogP contribution in [-0.2, 0) is 11.8 Å². The van der Waals surface area contributed by atoms with Crippen molar-refractivity contribution in [1.29, 1.82) is 0 Å². The van der Waals surface area contributed by atoms with Crippen LogP contribution < -0.4 is 4.90 Å². The summed E-state index contributed by atoms with van der Waals surface area (Å²) < 4.78 is 1.81. The number of aryl methyl sites for hydroxylation is 1. The van der Waals surface area contributed by atoms with Gasteiger partial charge in [-0.3, -0.25) is 14.5 Å². The molecule has 6 heteroatoms. The van der Waals surface area contributed by atoms with Gasteiger partial charge < -0.3 is 9.80 Å². The van der Waals surface area contributed by atoms with E-state index >= 15 is 0 Å². The van der Waals surface area contributed by atoms with Crippen molar-refractivity contribution < 1.29 is 4.79 Å². The quantitative estimate of drug-likeness (QED) is 0.856. The molecule has 1 amide bonds. The zero-order chi connectivity index (χ0) is 15.8. The Balaban J connectivity index is 1.33. The number of piperazine rings is 1. The lowest BCUT2D eigenvalue weighted by atomic mass is 10.1. The Morgan fingerprint density at radius 3 is 2.57 bits per heavy atom. The third kappa shape index (κ3) is 2.81. The predicted octanol–water partition coefficient (Wildman–Crippen LogP) is 1.27. The lowest BCUT2D eigenvalue weighted by molar-refractivity contribution is -0.132. The molecule has 1 aliphatic carbocycles. The normalized spacial score (nSPS) is 23.9. The predicted molar refractivity (Wildman–Crippen MR) is 87.1 cm³/mol. The molecule has 6 nitrogen and oxygen atoms in total. The summed E-state index contributed by atoms with van der Waals surface area (Å²) in [5, 5.41) is 4.21. The second kappa shape index (κ2) is 5.68. The highest BCUT2D eigenvalue weighted by Crippen LogP contribution is 2.48. The first-order valence-electron chi connectivity index (χ1n) is 8.14. The molecule has 0 N–H and O–H groups in total. The van der Waals surface area contributed by atoms with E-state index in [-0.39, 0.29) is 5.92 Å². The Morgan fingerprint density at radius 1 is 1.17 bits per heavy atom. The first-order chi connectivity index (χ1) is 11.2. The molecule has 1 aliphatic heterocycles. The zero-order valence-electron chi connectivity index (χ0n) is 13.3. The van der Waals surface area contributed by atoms with E-state index in [1.807, 2.05) is 53.5 Å². The minimum absolute atomic E-state index is 0.159. The minimum atomic E-state index is 0.159. The van der Waals surface area contributed by atoms with E-state index in [4.69, 9.17) is 0 Å². The van der Waals surface area contributed by atoms with Crippen LogP contribution in [0.2, 0.25) is 0 Å². The highest BCUT2D eigenvalue weighted by molar-refractivity contribution is 5.83. The minimum Gasteiger partial charge on any atom is -0.368 e. The van der Waals surface area contributed by atoms with Crippen molar-refractivity contribution in [2.75, 3.05) is 31.1 Å². The fraction of sp³-hybridized carbons (Fsp3) is 0.471. The van der Waals surface area contributed by atoms with E-state index in [9.17, 15) is 4.79 Å². The summed E-state index contributed by atoms with van der Waals surface area (Å²) in [6.45, 7) is 3.38.